The number of esters is 1. The second kappa shape index (κ2) is 12.0. The fourth-order valence-corrected chi connectivity index (χ4v) is 3.35. The SMILES string of the molecule is C[C@@H](CNC(=O)C(O)[C@H](N)CC1CCCCC1)OC(=O)c1ccccc1.Cl. The molecule has 1 saturated carbocycles. The molecule has 0 heterocycles. The quantitative estimate of drug-likeness (QED) is 0.584. The van der Waals surface area contributed by atoms with Gasteiger partial charge in [-0.1, -0.05) is 50.3 Å². The van der Waals surface area contributed by atoms with Gasteiger partial charge in [-0.2, -0.15) is 0 Å². The average molecular weight is 399 g/mol. The maximum atomic E-state index is 12.1. The molecule has 0 saturated heterocycles. The van der Waals surface area contributed by atoms with Crippen LogP contribution in [0, 0.1) is 5.92 Å². The van der Waals surface area contributed by atoms with E-state index in [1.807, 2.05) is 6.07 Å². The van der Waals surface area contributed by atoms with E-state index in [0.717, 1.165) is 12.8 Å². The Morgan fingerprint density at radius 2 is 1.85 bits per heavy atom. The molecule has 1 aliphatic carbocycles. The fourth-order valence-electron chi connectivity index (χ4n) is 3.35. The molecule has 3 atom stereocenters. The molecule has 2 rings (SSSR count). The number of hydrogen-bond donors (Lipinski definition) is 3. The summed E-state index contributed by atoms with van der Waals surface area (Å²) in [5, 5.41) is 12.8. The predicted molar refractivity (Wildman–Crippen MR) is 107 cm³/mol. The summed E-state index contributed by atoms with van der Waals surface area (Å²) in [5.74, 6) is -0.468. The van der Waals surface area contributed by atoms with Gasteiger partial charge in [0.2, 0.25) is 0 Å². The Bertz CT molecular complexity index is 579. The number of rotatable bonds is 8. The molecule has 1 aromatic rings. The minimum absolute atomic E-state index is 0. The van der Waals surface area contributed by atoms with Gasteiger partial charge in [-0.3, -0.25) is 4.79 Å². The largest absolute Gasteiger partial charge is 0.457 e. The van der Waals surface area contributed by atoms with E-state index in [4.69, 9.17) is 10.5 Å². The number of ether oxygens (including phenoxy) is 1. The summed E-state index contributed by atoms with van der Waals surface area (Å²) < 4.78 is 5.28. The van der Waals surface area contributed by atoms with Crippen LogP contribution in [-0.2, 0) is 9.53 Å². The summed E-state index contributed by atoms with van der Waals surface area (Å²) in [6.07, 6.45) is 4.81. The van der Waals surface area contributed by atoms with E-state index in [2.05, 4.69) is 5.32 Å². The first-order valence-electron chi connectivity index (χ1n) is 9.44. The van der Waals surface area contributed by atoms with Crippen LogP contribution in [0.1, 0.15) is 55.8 Å². The number of halogens is 1. The zero-order valence-corrected chi connectivity index (χ0v) is 16.6. The van der Waals surface area contributed by atoms with Crippen LogP contribution < -0.4 is 11.1 Å². The molecule has 0 spiro atoms. The van der Waals surface area contributed by atoms with Crippen LogP contribution >= 0.6 is 12.4 Å². The molecule has 0 aromatic heterocycles. The van der Waals surface area contributed by atoms with Gasteiger partial charge in [0.15, 0.2) is 0 Å². The van der Waals surface area contributed by atoms with Crippen molar-refractivity contribution in [2.24, 2.45) is 11.7 Å². The summed E-state index contributed by atoms with van der Waals surface area (Å²) in [6.45, 7) is 1.82. The third-order valence-electron chi connectivity index (χ3n) is 4.89. The molecule has 1 aromatic carbocycles. The third-order valence-corrected chi connectivity index (χ3v) is 4.89. The van der Waals surface area contributed by atoms with Crippen molar-refractivity contribution in [3.8, 4) is 0 Å². The third kappa shape index (κ3) is 7.87. The van der Waals surface area contributed by atoms with Crippen molar-refractivity contribution < 1.29 is 19.4 Å². The smallest absolute Gasteiger partial charge is 0.338 e. The van der Waals surface area contributed by atoms with Gasteiger partial charge in [0.1, 0.15) is 12.2 Å². The Morgan fingerprint density at radius 1 is 1.22 bits per heavy atom. The lowest BCUT2D eigenvalue weighted by molar-refractivity contribution is -0.131. The Morgan fingerprint density at radius 3 is 2.48 bits per heavy atom. The lowest BCUT2D eigenvalue weighted by Crippen LogP contribution is -2.48. The van der Waals surface area contributed by atoms with Crippen molar-refractivity contribution in [2.45, 2.75) is 63.7 Å². The van der Waals surface area contributed by atoms with Crippen LogP contribution in [0.5, 0.6) is 0 Å². The van der Waals surface area contributed by atoms with Crippen molar-refractivity contribution in [3.63, 3.8) is 0 Å². The summed E-state index contributed by atoms with van der Waals surface area (Å²) in [5.41, 5.74) is 6.47. The first kappa shape index (κ1) is 23.4. The van der Waals surface area contributed by atoms with Crippen molar-refractivity contribution in [1.29, 1.82) is 0 Å². The molecule has 1 amide bonds. The van der Waals surface area contributed by atoms with Gasteiger partial charge in [0.25, 0.3) is 5.91 Å². The molecule has 6 nitrogen and oxygen atoms in total. The van der Waals surface area contributed by atoms with Gasteiger partial charge in [-0.15, -0.1) is 12.4 Å². The Kier molecular flexibility index (Phi) is 10.4. The number of carbonyl (C=O) groups excluding carboxylic acids is 2. The maximum Gasteiger partial charge on any atom is 0.338 e. The van der Waals surface area contributed by atoms with E-state index in [0.29, 0.717) is 17.9 Å². The summed E-state index contributed by atoms with van der Waals surface area (Å²) in [6, 6.07) is 8.10. The second-order valence-corrected chi connectivity index (χ2v) is 7.18. The standard InChI is InChI=1S/C20H30N2O4.ClH/c1-14(26-20(25)16-10-6-3-7-11-16)13-22-19(24)18(23)17(21)12-15-8-4-2-5-9-15;/h3,6-7,10-11,14-15,17-18,23H,2,4-5,8-9,12-13,21H2,1H3,(H,22,24);1H/t14-,17+,18?;/m0./s1. The highest BCUT2D eigenvalue weighted by molar-refractivity contribution is 5.89. The normalized spacial score (nSPS) is 17.9. The average Bonchev–Trinajstić information content (AvgIpc) is 2.66. The summed E-state index contributed by atoms with van der Waals surface area (Å²) in [4.78, 5) is 24.1. The highest BCUT2D eigenvalue weighted by Gasteiger charge is 2.26. The van der Waals surface area contributed by atoms with Crippen molar-refractivity contribution in [3.05, 3.63) is 35.9 Å². The Labute approximate surface area is 167 Å². The van der Waals surface area contributed by atoms with Crippen molar-refractivity contribution in [1.82, 2.24) is 5.32 Å². The monoisotopic (exact) mass is 398 g/mol. The van der Waals surface area contributed by atoms with Gasteiger partial charge in [0, 0.05) is 6.04 Å². The molecule has 0 bridgehead atoms. The van der Waals surface area contributed by atoms with Crippen molar-refractivity contribution >= 4 is 24.3 Å². The summed E-state index contributed by atoms with van der Waals surface area (Å²) in [7, 11) is 0. The van der Waals surface area contributed by atoms with Gasteiger partial charge < -0.3 is 20.9 Å². The highest BCUT2D eigenvalue weighted by atomic mass is 35.5. The first-order chi connectivity index (χ1) is 12.5. The number of amides is 1. The highest BCUT2D eigenvalue weighted by Crippen LogP contribution is 2.27. The van der Waals surface area contributed by atoms with Crippen molar-refractivity contribution in [2.75, 3.05) is 6.54 Å². The van der Waals surface area contributed by atoms with Gasteiger partial charge >= 0.3 is 5.97 Å². The van der Waals surface area contributed by atoms with E-state index >= 15 is 0 Å². The first-order valence-corrected chi connectivity index (χ1v) is 9.44. The van der Waals surface area contributed by atoms with E-state index in [1.165, 1.54) is 19.3 Å². The van der Waals surface area contributed by atoms with Gasteiger partial charge in [0.05, 0.1) is 12.1 Å². The lowest BCUT2D eigenvalue weighted by Gasteiger charge is -2.26. The number of aliphatic hydroxyl groups excluding tert-OH is 1. The molecular weight excluding hydrogens is 368 g/mol. The van der Waals surface area contributed by atoms with Crippen LogP contribution in [0.3, 0.4) is 0 Å². The molecule has 4 N–H and O–H groups in total. The fraction of sp³-hybridized carbons (Fsp3) is 0.600. The Balaban J connectivity index is 0.00000364. The number of hydrogen-bond acceptors (Lipinski definition) is 5. The molecule has 1 fully saturated rings. The second-order valence-electron chi connectivity index (χ2n) is 7.18. The summed E-state index contributed by atoms with van der Waals surface area (Å²) >= 11 is 0. The molecule has 1 unspecified atom stereocenters. The van der Waals surface area contributed by atoms with E-state index in [1.54, 1.807) is 31.2 Å². The van der Waals surface area contributed by atoms with Crippen LogP contribution in [0.25, 0.3) is 0 Å². The molecule has 152 valence electrons. The maximum absolute atomic E-state index is 12.1. The van der Waals surface area contributed by atoms with Crippen LogP contribution in [0.2, 0.25) is 0 Å². The van der Waals surface area contributed by atoms with Crippen LogP contribution in [-0.4, -0.2) is 41.8 Å². The molecule has 27 heavy (non-hydrogen) atoms. The number of carbonyl (C=O) groups is 2. The number of nitrogens with two attached hydrogens (primary N) is 1. The minimum Gasteiger partial charge on any atom is -0.457 e. The minimum atomic E-state index is -1.24. The topological polar surface area (TPSA) is 102 Å². The Hall–Kier alpha value is -1.63. The lowest BCUT2D eigenvalue weighted by atomic mass is 9.84. The zero-order valence-electron chi connectivity index (χ0n) is 15.8. The number of nitrogens with one attached hydrogen (secondary N) is 1. The molecule has 1 aliphatic rings. The number of benzene rings is 1. The predicted octanol–water partition coefficient (Wildman–Crippen LogP) is 2.43. The van der Waals surface area contributed by atoms with Crippen LogP contribution in [0.4, 0.5) is 0 Å². The van der Waals surface area contributed by atoms with Crippen LogP contribution in [0.15, 0.2) is 30.3 Å². The molecule has 7 heteroatoms. The molecular formula is C20H31ClN2O4. The van der Waals surface area contributed by atoms with E-state index in [9.17, 15) is 14.7 Å². The number of aliphatic hydroxyl groups is 1. The van der Waals surface area contributed by atoms with Gasteiger partial charge in [-0.25, -0.2) is 4.79 Å². The zero-order chi connectivity index (χ0) is 18.9. The van der Waals surface area contributed by atoms with E-state index < -0.39 is 30.1 Å². The van der Waals surface area contributed by atoms with E-state index in [-0.39, 0.29) is 19.0 Å². The van der Waals surface area contributed by atoms with Gasteiger partial charge in [-0.05, 0) is 31.4 Å². The molecule has 0 aliphatic heterocycles. The molecule has 0 radical (unpaired) electrons.